The minimum absolute atomic E-state index is 0.0578. The van der Waals surface area contributed by atoms with Crippen LogP contribution in [0.1, 0.15) is 11.5 Å². The summed E-state index contributed by atoms with van der Waals surface area (Å²) in [4.78, 5) is 8.28. The van der Waals surface area contributed by atoms with Crippen molar-refractivity contribution in [3.05, 3.63) is 54.7 Å². The van der Waals surface area contributed by atoms with Gasteiger partial charge in [0.05, 0.1) is 11.7 Å². The van der Waals surface area contributed by atoms with Gasteiger partial charge in [-0.2, -0.15) is 4.31 Å². The largest absolute Gasteiger partial charge is 0.349 e. The number of nitrogens with two attached hydrogens (primary N) is 1. The van der Waals surface area contributed by atoms with Crippen LogP contribution >= 0.6 is 0 Å². The van der Waals surface area contributed by atoms with Gasteiger partial charge in [-0.1, -0.05) is 0 Å². The molecule has 1 aliphatic heterocycles. The molecular formula is C17H19N5O2S. The summed E-state index contributed by atoms with van der Waals surface area (Å²) in [5, 5.41) is 1.07. The number of pyridine rings is 2. The van der Waals surface area contributed by atoms with Gasteiger partial charge in [0.25, 0.3) is 0 Å². The molecule has 2 N–H and O–H groups in total. The van der Waals surface area contributed by atoms with Gasteiger partial charge in [-0.05, 0) is 23.8 Å². The predicted octanol–water partition coefficient (Wildman–Crippen LogP) is 1.08. The van der Waals surface area contributed by atoms with Crippen LogP contribution in [0.15, 0.2) is 54.1 Å². The van der Waals surface area contributed by atoms with Crippen LogP contribution in [0.4, 0.5) is 0 Å². The highest BCUT2D eigenvalue weighted by molar-refractivity contribution is 7.89. The Balaban J connectivity index is 1.70. The van der Waals surface area contributed by atoms with Crippen LogP contribution in [0.25, 0.3) is 10.9 Å². The van der Waals surface area contributed by atoms with Crippen molar-refractivity contribution < 1.29 is 8.42 Å². The Labute approximate surface area is 146 Å². The lowest BCUT2D eigenvalue weighted by molar-refractivity contribution is 0.470. The molecule has 8 heteroatoms. The van der Waals surface area contributed by atoms with Crippen molar-refractivity contribution in [2.45, 2.75) is 16.9 Å². The van der Waals surface area contributed by atoms with E-state index in [1.807, 2.05) is 30.1 Å². The third-order valence-corrected chi connectivity index (χ3v) is 6.64. The molecule has 0 saturated carbocycles. The van der Waals surface area contributed by atoms with E-state index in [2.05, 4.69) is 9.97 Å². The molecular weight excluding hydrogens is 338 g/mol. The first kappa shape index (κ1) is 16.2. The third kappa shape index (κ3) is 2.62. The Morgan fingerprint density at radius 1 is 1.16 bits per heavy atom. The number of hydrogen-bond donors (Lipinski definition) is 1. The Kier molecular flexibility index (Phi) is 3.82. The molecule has 0 amide bonds. The molecule has 25 heavy (non-hydrogen) atoms. The quantitative estimate of drug-likeness (QED) is 0.757. The Hall–Kier alpha value is -2.29. The van der Waals surface area contributed by atoms with E-state index in [9.17, 15) is 8.42 Å². The molecule has 0 aromatic carbocycles. The molecule has 0 unspecified atom stereocenters. The summed E-state index contributed by atoms with van der Waals surface area (Å²) in [7, 11) is -1.63. The monoisotopic (exact) mass is 357 g/mol. The number of aromatic nitrogens is 3. The van der Waals surface area contributed by atoms with Crippen LogP contribution in [-0.2, 0) is 17.1 Å². The summed E-state index contributed by atoms with van der Waals surface area (Å²) in [5.41, 5.74) is 8.41. The van der Waals surface area contributed by atoms with Crippen LogP contribution < -0.4 is 5.73 Å². The second kappa shape index (κ2) is 5.91. The molecule has 0 spiro atoms. The highest BCUT2D eigenvalue weighted by Gasteiger charge is 2.39. The summed E-state index contributed by atoms with van der Waals surface area (Å²) in [6.07, 6.45) is 8.51. The van der Waals surface area contributed by atoms with Crippen LogP contribution in [0.5, 0.6) is 0 Å². The zero-order valence-corrected chi connectivity index (χ0v) is 14.6. The minimum atomic E-state index is -3.59. The normalized spacial score (nSPS) is 21.8. The lowest BCUT2D eigenvalue weighted by atomic mass is 9.95. The Bertz CT molecular complexity index is 1020. The molecule has 0 aliphatic carbocycles. The average molecular weight is 357 g/mol. The molecule has 1 fully saturated rings. The SMILES string of the molecule is Cn1cc([C@@H]2CN(S(=O)(=O)c3cccnc3)C[C@H]2N)c2ccncc21. The lowest BCUT2D eigenvalue weighted by Gasteiger charge is -2.16. The van der Waals surface area contributed by atoms with E-state index in [4.69, 9.17) is 5.73 Å². The predicted molar refractivity (Wildman–Crippen MR) is 94.4 cm³/mol. The second-order valence-corrected chi connectivity index (χ2v) is 8.31. The summed E-state index contributed by atoms with van der Waals surface area (Å²) in [6.45, 7) is 0.656. The average Bonchev–Trinajstić information content (AvgIpc) is 3.17. The maximum absolute atomic E-state index is 12.8. The minimum Gasteiger partial charge on any atom is -0.349 e. The summed E-state index contributed by atoms with van der Waals surface area (Å²) in [6, 6.07) is 4.88. The van der Waals surface area contributed by atoms with Crippen molar-refractivity contribution >= 4 is 20.9 Å². The highest BCUT2D eigenvalue weighted by Crippen LogP contribution is 2.34. The molecule has 7 nitrogen and oxygen atoms in total. The molecule has 4 heterocycles. The van der Waals surface area contributed by atoms with E-state index < -0.39 is 10.0 Å². The molecule has 130 valence electrons. The Morgan fingerprint density at radius 3 is 2.72 bits per heavy atom. The van der Waals surface area contributed by atoms with Gasteiger partial charge in [-0.15, -0.1) is 0 Å². The van der Waals surface area contributed by atoms with Crippen molar-refractivity contribution in [3.63, 3.8) is 0 Å². The molecule has 1 saturated heterocycles. The van der Waals surface area contributed by atoms with Crippen molar-refractivity contribution in [1.82, 2.24) is 18.8 Å². The number of sulfonamides is 1. The second-order valence-electron chi connectivity index (χ2n) is 6.37. The van der Waals surface area contributed by atoms with Gasteiger partial charge in [0.2, 0.25) is 10.0 Å². The van der Waals surface area contributed by atoms with Gasteiger partial charge < -0.3 is 10.3 Å². The zero-order valence-electron chi connectivity index (χ0n) is 13.8. The number of aryl methyl sites for hydroxylation is 1. The number of hydrogen-bond acceptors (Lipinski definition) is 5. The maximum atomic E-state index is 12.8. The Morgan fingerprint density at radius 2 is 1.96 bits per heavy atom. The first-order chi connectivity index (χ1) is 12.0. The van der Waals surface area contributed by atoms with Gasteiger partial charge in [0, 0.05) is 62.3 Å². The van der Waals surface area contributed by atoms with Crippen molar-refractivity contribution in [3.8, 4) is 0 Å². The number of fused-ring (bicyclic) bond motifs is 1. The van der Waals surface area contributed by atoms with Crippen molar-refractivity contribution in [1.29, 1.82) is 0 Å². The molecule has 4 rings (SSSR count). The topological polar surface area (TPSA) is 94.1 Å². The lowest BCUT2D eigenvalue weighted by Crippen LogP contribution is -2.32. The third-order valence-electron chi connectivity index (χ3n) is 4.83. The van der Waals surface area contributed by atoms with Crippen LogP contribution in [-0.4, -0.2) is 46.4 Å². The van der Waals surface area contributed by atoms with Gasteiger partial charge in [-0.3, -0.25) is 9.97 Å². The number of rotatable bonds is 3. The van der Waals surface area contributed by atoms with Gasteiger partial charge in [0.15, 0.2) is 0 Å². The fourth-order valence-electron chi connectivity index (χ4n) is 3.52. The summed E-state index contributed by atoms with van der Waals surface area (Å²) in [5.74, 6) is -0.0578. The zero-order chi connectivity index (χ0) is 17.6. The van der Waals surface area contributed by atoms with E-state index in [1.54, 1.807) is 24.5 Å². The molecule has 0 radical (unpaired) electrons. The standard InChI is InChI=1S/C17H19N5O2S/c1-21-9-14(13-4-6-20-8-17(13)21)15-10-22(11-16(15)18)25(23,24)12-3-2-5-19-7-12/h2-9,15-16H,10-11,18H2,1H3/t15-,16+/m0/s1. The van der Waals surface area contributed by atoms with Crippen LogP contribution in [0.3, 0.4) is 0 Å². The van der Waals surface area contributed by atoms with Crippen LogP contribution in [0, 0.1) is 0 Å². The molecule has 1 aliphatic rings. The van der Waals surface area contributed by atoms with Gasteiger partial charge >= 0.3 is 0 Å². The first-order valence-electron chi connectivity index (χ1n) is 8.03. The summed E-state index contributed by atoms with van der Waals surface area (Å²) >= 11 is 0. The maximum Gasteiger partial charge on any atom is 0.244 e. The van der Waals surface area contributed by atoms with Crippen molar-refractivity contribution in [2.75, 3.05) is 13.1 Å². The number of nitrogens with zero attached hydrogens (tertiary/aromatic N) is 4. The fourth-order valence-corrected chi connectivity index (χ4v) is 4.99. The van der Waals surface area contributed by atoms with E-state index in [0.29, 0.717) is 13.1 Å². The van der Waals surface area contributed by atoms with E-state index in [1.165, 1.54) is 10.5 Å². The van der Waals surface area contributed by atoms with Crippen LogP contribution in [0.2, 0.25) is 0 Å². The molecule has 3 aromatic heterocycles. The fraction of sp³-hybridized carbons (Fsp3) is 0.294. The van der Waals surface area contributed by atoms with Gasteiger partial charge in [-0.25, -0.2) is 8.42 Å². The molecule has 0 bridgehead atoms. The van der Waals surface area contributed by atoms with E-state index in [0.717, 1.165) is 16.5 Å². The molecule has 3 aromatic rings. The summed E-state index contributed by atoms with van der Waals surface area (Å²) < 4.78 is 29.1. The van der Waals surface area contributed by atoms with E-state index in [-0.39, 0.29) is 16.9 Å². The first-order valence-corrected chi connectivity index (χ1v) is 9.47. The molecule has 2 atom stereocenters. The van der Waals surface area contributed by atoms with Crippen molar-refractivity contribution in [2.24, 2.45) is 12.8 Å². The van der Waals surface area contributed by atoms with E-state index >= 15 is 0 Å². The smallest absolute Gasteiger partial charge is 0.244 e. The highest BCUT2D eigenvalue weighted by atomic mass is 32.2. The van der Waals surface area contributed by atoms with Gasteiger partial charge in [0.1, 0.15) is 4.90 Å².